The Kier molecular flexibility index (Phi) is 3.21. The van der Waals surface area contributed by atoms with E-state index in [0.717, 1.165) is 37.0 Å². The van der Waals surface area contributed by atoms with Crippen LogP contribution in [-0.4, -0.2) is 17.9 Å². The highest BCUT2D eigenvalue weighted by Crippen LogP contribution is 2.73. The molecule has 0 aliphatic heterocycles. The van der Waals surface area contributed by atoms with Crippen LogP contribution in [0.5, 0.6) is 0 Å². The highest BCUT2D eigenvalue weighted by molar-refractivity contribution is 5.92. The molecule has 0 aromatic rings. The number of allylic oxidation sites excluding steroid dienone is 1. The summed E-state index contributed by atoms with van der Waals surface area (Å²) in [6, 6.07) is 0. The van der Waals surface area contributed by atoms with Crippen LogP contribution >= 0.6 is 0 Å². The fraction of sp³-hybridized carbons (Fsp3) is 0.818. The Bertz CT molecular complexity index is 679. The van der Waals surface area contributed by atoms with Crippen molar-refractivity contribution in [2.45, 2.75) is 71.8 Å². The van der Waals surface area contributed by atoms with Crippen molar-refractivity contribution in [2.24, 2.45) is 40.4 Å². The highest BCUT2D eigenvalue weighted by Gasteiger charge is 2.67. The lowest BCUT2D eigenvalue weighted by Gasteiger charge is -2.57. The molecule has 5 aliphatic rings. The Labute approximate surface area is 150 Å². The molecule has 0 saturated heterocycles. The maximum atomic E-state index is 12.0. The van der Waals surface area contributed by atoms with E-state index in [-0.39, 0.29) is 22.9 Å². The minimum absolute atomic E-state index is 0.117. The number of ether oxygens (including phenoxy) is 1. The summed E-state index contributed by atoms with van der Waals surface area (Å²) in [5.41, 5.74) is 1.92. The van der Waals surface area contributed by atoms with Crippen LogP contribution in [0.4, 0.5) is 0 Å². The van der Waals surface area contributed by atoms with Crippen molar-refractivity contribution in [2.75, 3.05) is 0 Å². The zero-order chi connectivity index (χ0) is 17.6. The summed E-state index contributed by atoms with van der Waals surface area (Å²) in [6.07, 6.45) is 9.90. The largest absolute Gasteiger partial charge is 0.462 e. The number of hydrogen-bond donors (Lipinski definition) is 0. The van der Waals surface area contributed by atoms with Gasteiger partial charge in [0, 0.05) is 18.8 Å². The maximum absolute atomic E-state index is 12.0. The monoisotopic (exact) mass is 342 g/mol. The van der Waals surface area contributed by atoms with Gasteiger partial charge in [-0.15, -0.1) is 0 Å². The Balaban J connectivity index is 1.50. The first-order valence-corrected chi connectivity index (χ1v) is 10.3. The molecule has 5 rings (SSSR count). The molecule has 5 aliphatic carbocycles. The summed E-state index contributed by atoms with van der Waals surface area (Å²) in [7, 11) is 0. The van der Waals surface area contributed by atoms with E-state index < -0.39 is 0 Å². The first-order valence-electron chi connectivity index (χ1n) is 10.3. The van der Waals surface area contributed by atoms with Crippen molar-refractivity contribution in [1.29, 1.82) is 0 Å². The Morgan fingerprint density at radius 2 is 1.96 bits per heavy atom. The summed E-state index contributed by atoms with van der Waals surface area (Å²) >= 11 is 0. The molecule has 136 valence electrons. The maximum Gasteiger partial charge on any atom is 0.302 e. The first kappa shape index (κ1) is 16.1. The lowest BCUT2D eigenvalue weighted by Crippen LogP contribution is -2.52. The van der Waals surface area contributed by atoms with Crippen molar-refractivity contribution >= 4 is 11.8 Å². The number of ketones is 1. The molecule has 0 radical (unpaired) electrons. The third kappa shape index (κ3) is 2.04. The molecule has 4 saturated carbocycles. The number of carbonyl (C=O) groups excluding carboxylic acids is 2. The topological polar surface area (TPSA) is 43.4 Å². The minimum atomic E-state index is -0.120. The van der Waals surface area contributed by atoms with Gasteiger partial charge in [0.15, 0.2) is 5.78 Å². The number of rotatable bonds is 1. The number of fused-ring (bicyclic) bond motifs is 8. The van der Waals surface area contributed by atoms with E-state index in [1.165, 1.54) is 31.3 Å². The van der Waals surface area contributed by atoms with E-state index in [2.05, 4.69) is 13.8 Å². The van der Waals surface area contributed by atoms with E-state index in [1.54, 1.807) is 6.92 Å². The Hall–Kier alpha value is -1.12. The number of carbonyl (C=O) groups is 2. The second-order valence-corrected chi connectivity index (χ2v) is 10.00. The first-order chi connectivity index (χ1) is 11.8. The molecule has 0 unspecified atom stereocenters. The van der Waals surface area contributed by atoms with Crippen molar-refractivity contribution in [1.82, 2.24) is 0 Å². The Morgan fingerprint density at radius 1 is 1.16 bits per heavy atom. The van der Waals surface area contributed by atoms with E-state index in [0.29, 0.717) is 17.6 Å². The molecule has 3 nitrogen and oxygen atoms in total. The molecule has 8 atom stereocenters. The van der Waals surface area contributed by atoms with Gasteiger partial charge < -0.3 is 4.74 Å². The van der Waals surface area contributed by atoms with Crippen molar-refractivity contribution in [3.8, 4) is 0 Å². The molecule has 3 heteroatoms. The van der Waals surface area contributed by atoms with Crippen LogP contribution in [0.3, 0.4) is 0 Å². The van der Waals surface area contributed by atoms with Crippen molar-refractivity contribution < 1.29 is 14.3 Å². The van der Waals surface area contributed by atoms with Gasteiger partial charge in [-0.2, -0.15) is 0 Å². The van der Waals surface area contributed by atoms with Crippen molar-refractivity contribution in [3.05, 3.63) is 11.6 Å². The predicted molar refractivity (Wildman–Crippen MR) is 94.6 cm³/mol. The van der Waals surface area contributed by atoms with Crippen LogP contribution in [0.2, 0.25) is 0 Å². The summed E-state index contributed by atoms with van der Waals surface area (Å²) in [6.45, 7) is 6.40. The van der Waals surface area contributed by atoms with Crippen molar-refractivity contribution in [3.63, 3.8) is 0 Å². The third-order valence-corrected chi connectivity index (χ3v) is 8.97. The molecule has 0 bridgehead atoms. The molecule has 4 fully saturated rings. The van der Waals surface area contributed by atoms with Gasteiger partial charge in [-0.05, 0) is 79.6 Å². The third-order valence-electron chi connectivity index (χ3n) is 8.97. The van der Waals surface area contributed by atoms with Gasteiger partial charge in [-0.25, -0.2) is 0 Å². The summed E-state index contributed by atoms with van der Waals surface area (Å²) < 4.78 is 5.76. The second kappa shape index (κ2) is 4.98. The van der Waals surface area contributed by atoms with Gasteiger partial charge >= 0.3 is 5.97 Å². The van der Waals surface area contributed by atoms with E-state index in [9.17, 15) is 9.59 Å². The second-order valence-electron chi connectivity index (χ2n) is 10.00. The van der Waals surface area contributed by atoms with Gasteiger partial charge in [0.05, 0.1) is 0 Å². The highest BCUT2D eigenvalue weighted by atomic mass is 16.5. The lowest BCUT2D eigenvalue weighted by atomic mass is 9.47. The molecular weight excluding hydrogens is 312 g/mol. The SMILES string of the molecule is CC(=O)O[C@H]1CC[C@H]2[C@@H]3[C@H]4C[C@H]4C4=CC(=O)CC[C@]4(C)[C@H]3CC[C@]12C. The molecule has 0 heterocycles. The summed E-state index contributed by atoms with van der Waals surface area (Å²) in [5.74, 6) is 3.89. The van der Waals surface area contributed by atoms with Crippen LogP contribution in [-0.2, 0) is 14.3 Å². The van der Waals surface area contributed by atoms with Gasteiger partial charge in [-0.1, -0.05) is 19.4 Å². The molecule has 0 spiro atoms. The zero-order valence-electron chi connectivity index (χ0n) is 15.7. The zero-order valence-corrected chi connectivity index (χ0v) is 15.7. The Morgan fingerprint density at radius 3 is 2.72 bits per heavy atom. The number of hydrogen-bond acceptors (Lipinski definition) is 3. The van der Waals surface area contributed by atoms with Crippen LogP contribution in [0.15, 0.2) is 11.6 Å². The molecule has 0 aromatic carbocycles. The smallest absolute Gasteiger partial charge is 0.302 e. The van der Waals surface area contributed by atoms with Gasteiger partial charge in [0.25, 0.3) is 0 Å². The van der Waals surface area contributed by atoms with Crippen LogP contribution in [0, 0.1) is 40.4 Å². The summed E-state index contributed by atoms with van der Waals surface area (Å²) in [5, 5.41) is 0. The van der Waals surface area contributed by atoms with E-state index in [1.807, 2.05) is 6.08 Å². The van der Waals surface area contributed by atoms with Gasteiger partial charge in [0.1, 0.15) is 6.10 Å². The average molecular weight is 342 g/mol. The lowest BCUT2D eigenvalue weighted by molar-refractivity contribution is -0.157. The molecule has 0 amide bonds. The fourth-order valence-electron chi connectivity index (χ4n) is 7.75. The average Bonchev–Trinajstić information content (AvgIpc) is 3.27. The van der Waals surface area contributed by atoms with E-state index in [4.69, 9.17) is 4.74 Å². The summed E-state index contributed by atoms with van der Waals surface area (Å²) in [4.78, 5) is 23.6. The predicted octanol–water partition coefficient (Wildman–Crippen LogP) is 4.31. The van der Waals surface area contributed by atoms with Crippen LogP contribution in [0.25, 0.3) is 0 Å². The molecule has 0 aromatic heterocycles. The van der Waals surface area contributed by atoms with Gasteiger partial charge in [-0.3, -0.25) is 9.59 Å². The molecular formula is C22H30O3. The van der Waals surface area contributed by atoms with Crippen LogP contribution < -0.4 is 0 Å². The normalized spacial score (nSPS) is 53.1. The quantitative estimate of drug-likeness (QED) is 0.667. The fourth-order valence-corrected chi connectivity index (χ4v) is 7.75. The minimum Gasteiger partial charge on any atom is -0.462 e. The van der Waals surface area contributed by atoms with Crippen LogP contribution in [0.1, 0.15) is 65.7 Å². The number of esters is 1. The molecule has 25 heavy (non-hydrogen) atoms. The van der Waals surface area contributed by atoms with E-state index >= 15 is 0 Å². The molecule has 0 N–H and O–H groups in total. The standard InChI is InChI=1S/C22H30O3/c1-12(23)25-19-5-4-16-20-15-11-14(15)18-10-13(24)6-8-21(18,2)17(20)7-9-22(16,19)3/h10,14-17,19-20H,4-9,11H2,1-3H3/t14-,15+,16+,17+,19+,20+,21-,22+/m1/s1. The van der Waals surface area contributed by atoms with Gasteiger partial charge in [0.2, 0.25) is 0 Å².